The van der Waals surface area contributed by atoms with Crippen LogP contribution in [0.4, 0.5) is 5.95 Å². The summed E-state index contributed by atoms with van der Waals surface area (Å²) in [4.78, 5) is 20.4. The van der Waals surface area contributed by atoms with Crippen LogP contribution >= 0.6 is 0 Å². The zero-order valence-corrected chi connectivity index (χ0v) is 12.6. The average Bonchev–Trinajstić information content (AvgIpc) is 2.53. The fraction of sp³-hybridized carbons (Fsp3) is 0.667. The Bertz CT molecular complexity index is 430. The Kier molecular flexibility index (Phi) is 6.40. The molecule has 6 heteroatoms. The number of nitrogens with zero attached hydrogens (tertiary/aromatic N) is 2. The maximum Gasteiger partial charge on any atom is 0.254 e. The number of aromatic nitrogens is 2. The summed E-state index contributed by atoms with van der Waals surface area (Å²) in [6, 6.07) is 0.304. The lowest BCUT2D eigenvalue weighted by Crippen LogP contribution is -2.36. The first-order valence-electron chi connectivity index (χ1n) is 7.65. The Labute approximate surface area is 125 Å². The summed E-state index contributed by atoms with van der Waals surface area (Å²) in [5, 5.41) is 6.15. The molecule has 1 aromatic heterocycles. The molecule has 0 radical (unpaired) electrons. The molecule has 1 fully saturated rings. The number of nitrogens with one attached hydrogen (secondary N) is 2. The standard InChI is InChI=1S/C15H24N4O2/c1-21-9-5-8-16-15-17-10-12(11-18-15)14(20)19-13-6-3-2-4-7-13/h10-11,13H,2-9H2,1H3,(H,19,20)(H,16,17,18). The van der Waals surface area contributed by atoms with Crippen molar-refractivity contribution in [1.82, 2.24) is 15.3 Å². The quantitative estimate of drug-likeness (QED) is 0.752. The van der Waals surface area contributed by atoms with E-state index in [0.29, 0.717) is 24.2 Å². The van der Waals surface area contributed by atoms with Gasteiger partial charge in [-0.1, -0.05) is 19.3 Å². The second kappa shape index (κ2) is 8.56. The SMILES string of the molecule is COCCCNc1ncc(C(=O)NC2CCCCC2)cn1. The van der Waals surface area contributed by atoms with Gasteiger partial charge in [0.1, 0.15) is 0 Å². The Balaban J connectivity index is 1.78. The predicted octanol–water partition coefficient (Wildman–Crippen LogP) is 1.99. The Morgan fingerprint density at radius 2 is 2.00 bits per heavy atom. The molecule has 2 N–H and O–H groups in total. The number of carbonyl (C=O) groups is 1. The zero-order valence-electron chi connectivity index (χ0n) is 12.6. The lowest BCUT2D eigenvalue weighted by atomic mass is 9.95. The third-order valence-electron chi connectivity index (χ3n) is 3.66. The number of anilines is 1. The predicted molar refractivity (Wildman–Crippen MR) is 81.4 cm³/mol. The Morgan fingerprint density at radius 1 is 1.29 bits per heavy atom. The Hall–Kier alpha value is -1.69. The van der Waals surface area contributed by atoms with Gasteiger partial charge in [0, 0.05) is 38.7 Å². The van der Waals surface area contributed by atoms with E-state index < -0.39 is 0 Å². The molecule has 1 aliphatic rings. The fourth-order valence-corrected chi connectivity index (χ4v) is 2.47. The van der Waals surface area contributed by atoms with Crippen LogP contribution in [0.2, 0.25) is 0 Å². The van der Waals surface area contributed by atoms with Gasteiger partial charge in [0.25, 0.3) is 5.91 Å². The van der Waals surface area contributed by atoms with Crippen molar-refractivity contribution in [1.29, 1.82) is 0 Å². The molecule has 0 atom stereocenters. The van der Waals surface area contributed by atoms with Crippen molar-refractivity contribution in [3.8, 4) is 0 Å². The number of methoxy groups -OCH3 is 1. The molecule has 1 saturated carbocycles. The van der Waals surface area contributed by atoms with E-state index in [9.17, 15) is 4.79 Å². The molecule has 0 unspecified atom stereocenters. The molecule has 1 aromatic rings. The summed E-state index contributed by atoms with van der Waals surface area (Å²) in [6.45, 7) is 1.45. The molecule has 1 amide bonds. The number of carbonyl (C=O) groups excluding carboxylic acids is 1. The van der Waals surface area contributed by atoms with Crippen molar-refractivity contribution < 1.29 is 9.53 Å². The van der Waals surface area contributed by atoms with Gasteiger partial charge in [0.2, 0.25) is 5.95 Å². The summed E-state index contributed by atoms with van der Waals surface area (Å²) in [5.74, 6) is 0.466. The van der Waals surface area contributed by atoms with Gasteiger partial charge >= 0.3 is 0 Å². The lowest BCUT2D eigenvalue weighted by molar-refractivity contribution is 0.0927. The fourth-order valence-electron chi connectivity index (χ4n) is 2.47. The maximum atomic E-state index is 12.1. The van der Waals surface area contributed by atoms with Crippen LogP contribution in [0, 0.1) is 0 Å². The van der Waals surface area contributed by atoms with Gasteiger partial charge in [-0.25, -0.2) is 9.97 Å². The minimum Gasteiger partial charge on any atom is -0.385 e. The number of amides is 1. The lowest BCUT2D eigenvalue weighted by Gasteiger charge is -2.22. The first-order valence-corrected chi connectivity index (χ1v) is 7.65. The molecular weight excluding hydrogens is 268 g/mol. The van der Waals surface area contributed by atoms with Crippen LogP contribution in [0.1, 0.15) is 48.9 Å². The normalized spacial score (nSPS) is 15.7. The second-order valence-electron chi connectivity index (χ2n) is 5.38. The molecule has 116 valence electrons. The summed E-state index contributed by atoms with van der Waals surface area (Å²) in [7, 11) is 1.68. The summed E-state index contributed by atoms with van der Waals surface area (Å²) in [6.07, 6.45) is 9.87. The highest BCUT2D eigenvalue weighted by molar-refractivity contribution is 5.93. The van der Waals surface area contributed by atoms with E-state index in [0.717, 1.165) is 25.8 Å². The van der Waals surface area contributed by atoms with E-state index in [4.69, 9.17) is 4.74 Å². The second-order valence-corrected chi connectivity index (χ2v) is 5.38. The van der Waals surface area contributed by atoms with E-state index in [2.05, 4.69) is 20.6 Å². The number of hydrogen-bond acceptors (Lipinski definition) is 5. The van der Waals surface area contributed by atoms with Crippen LogP contribution in [0.15, 0.2) is 12.4 Å². The van der Waals surface area contributed by atoms with Gasteiger partial charge in [0.05, 0.1) is 5.56 Å². The van der Waals surface area contributed by atoms with Crippen molar-refractivity contribution in [3.63, 3.8) is 0 Å². The third kappa shape index (κ3) is 5.30. The molecule has 0 bridgehead atoms. The number of hydrogen-bond donors (Lipinski definition) is 2. The van der Waals surface area contributed by atoms with Crippen LogP contribution in [0.3, 0.4) is 0 Å². The van der Waals surface area contributed by atoms with E-state index in [-0.39, 0.29) is 5.91 Å². The molecule has 0 aromatic carbocycles. The minimum absolute atomic E-state index is 0.0761. The van der Waals surface area contributed by atoms with Gasteiger partial charge in [-0.3, -0.25) is 4.79 Å². The molecule has 1 aliphatic carbocycles. The van der Waals surface area contributed by atoms with Crippen molar-refractivity contribution in [3.05, 3.63) is 18.0 Å². The highest BCUT2D eigenvalue weighted by Gasteiger charge is 2.16. The molecule has 6 nitrogen and oxygen atoms in total. The van der Waals surface area contributed by atoms with E-state index in [1.165, 1.54) is 19.3 Å². The van der Waals surface area contributed by atoms with Crippen molar-refractivity contribution >= 4 is 11.9 Å². The van der Waals surface area contributed by atoms with Crippen LogP contribution in [0.5, 0.6) is 0 Å². The molecule has 2 rings (SSSR count). The van der Waals surface area contributed by atoms with Gasteiger partial charge in [-0.2, -0.15) is 0 Å². The van der Waals surface area contributed by atoms with Crippen molar-refractivity contribution in [2.75, 3.05) is 25.6 Å². The first-order chi connectivity index (χ1) is 10.3. The smallest absolute Gasteiger partial charge is 0.254 e. The molecule has 0 saturated heterocycles. The topological polar surface area (TPSA) is 76.1 Å². The Morgan fingerprint density at radius 3 is 2.67 bits per heavy atom. The van der Waals surface area contributed by atoms with E-state index in [1.54, 1.807) is 19.5 Å². The van der Waals surface area contributed by atoms with Gasteiger partial charge in [-0.15, -0.1) is 0 Å². The highest BCUT2D eigenvalue weighted by Crippen LogP contribution is 2.17. The first kappa shape index (κ1) is 15.7. The number of rotatable bonds is 7. The van der Waals surface area contributed by atoms with E-state index >= 15 is 0 Å². The molecule has 0 spiro atoms. The minimum atomic E-state index is -0.0761. The average molecular weight is 292 g/mol. The third-order valence-corrected chi connectivity index (χ3v) is 3.66. The van der Waals surface area contributed by atoms with Crippen LogP contribution in [-0.4, -0.2) is 42.2 Å². The summed E-state index contributed by atoms with van der Waals surface area (Å²) in [5.41, 5.74) is 0.517. The van der Waals surface area contributed by atoms with E-state index in [1.807, 2.05) is 0 Å². The molecular formula is C15H24N4O2. The molecule has 0 aliphatic heterocycles. The zero-order chi connectivity index (χ0) is 14.9. The number of ether oxygens (including phenoxy) is 1. The van der Waals surface area contributed by atoms with Crippen molar-refractivity contribution in [2.45, 2.75) is 44.6 Å². The van der Waals surface area contributed by atoms with Crippen molar-refractivity contribution in [2.24, 2.45) is 0 Å². The maximum absolute atomic E-state index is 12.1. The largest absolute Gasteiger partial charge is 0.385 e. The summed E-state index contributed by atoms with van der Waals surface area (Å²) >= 11 is 0. The van der Waals surface area contributed by atoms with Crippen LogP contribution in [-0.2, 0) is 4.74 Å². The molecule has 21 heavy (non-hydrogen) atoms. The van der Waals surface area contributed by atoms with Crippen LogP contribution in [0.25, 0.3) is 0 Å². The highest BCUT2D eigenvalue weighted by atomic mass is 16.5. The van der Waals surface area contributed by atoms with Crippen LogP contribution < -0.4 is 10.6 Å². The summed E-state index contributed by atoms with van der Waals surface area (Å²) < 4.78 is 4.97. The van der Waals surface area contributed by atoms with Gasteiger partial charge in [0.15, 0.2) is 0 Å². The van der Waals surface area contributed by atoms with Gasteiger partial charge < -0.3 is 15.4 Å². The molecule has 1 heterocycles. The van der Waals surface area contributed by atoms with Gasteiger partial charge in [-0.05, 0) is 19.3 Å². The monoisotopic (exact) mass is 292 g/mol.